The minimum atomic E-state index is -0.419. The van der Waals surface area contributed by atoms with Crippen molar-refractivity contribution in [1.82, 2.24) is 4.98 Å². The molecule has 0 aliphatic heterocycles. The molecule has 4 nitrogen and oxygen atoms in total. The zero-order valence-electron chi connectivity index (χ0n) is 10.9. The molecule has 0 atom stereocenters. The van der Waals surface area contributed by atoms with Crippen LogP contribution in [0, 0.1) is 0 Å². The van der Waals surface area contributed by atoms with Gasteiger partial charge >= 0.3 is 5.76 Å². The molecule has 5 heteroatoms. The first-order valence-corrected chi connectivity index (χ1v) is 7.57. The predicted octanol–water partition coefficient (Wildman–Crippen LogP) is 3.31. The molecule has 0 saturated carbocycles. The number of aromatic nitrogens is 1. The number of nitrogen functional groups attached to an aromatic ring is 1. The third kappa shape index (κ3) is 1.70. The predicted molar refractivity (Wildman–Crippen MR) is 81.2 cm³/mol. The Labute approximate surface area is 119 Å². The van der Waals surface area contributed by atoms with Crippen molar-refractivity contribution in [3.63, 3.8) is 0 Å². The number of aryl methyl sites for hydroxylation is 1. The van der Waals surface area contributed by atoms with Gasteiger partial charge in [0, 0.05) is 10.4 Å². The standard InChI is InChI=1S/C15H14N2O2S/c16-14-13(9-3-1-2-4-12(9)20-14)8-5-6-10-11(7-8)19-15(18)17-10/h5-7H,1-4,16H2,(H,17,18). The summed E-state index contributed by atoms with van der Waals surface area (Å²) in [6, 6.07) is 5.78. The summed E-state index contributed by atoms with van der Waals surface area (Å²) in [5.41, 5.74) is 11.1. The van der Waals surface area contributed by atoms with Crippen molar-refractivity contribution >= 4 is 27.4 Å². The number of aromatic amines is 1. The van der Waals surface area contributed by atoms with Crippen molar-refractivity contribution < 1.29 is 4.42 Å². The van der Waals surface area contributed by atoms with E-state index < -0.39 is 5.76 Å². The summed E-state index contributed by atoms with van der Waals surface area (Å²) in [5, 5.41) is 0.870. The summed E-state index contributed by atoms with van der Waals surface area (Å²) in [6.45, 7) is 0. The van der Waals surface area contributed by atoms with E-state index in [9.17, 15) is 4.79 Å². The van der Waals surface area contributed by atoms with Crippen LogP contribution in [0.3, 0.4) is 0 Å². The van der Waals surface area contributed by atoms with Crippen LogP contribution >= 0.6 is 11.3 Å². The lowest BCUT2D eigenvalue weighted by molar-refractivity contribution is 0.555. The van der Waals surface area contributed by atoms with Gasteiger partial charge in [-0.25, -0.2) is 4.79 Å². The third-order valence-corrected chi connectivity index (χ3v) is 5.03. The van der Waals surface area contributed by atoms with Gasteiger partial charge in [0.05, 0.1) is 10.5 Å². The summed E-state index contributed by atoms with van der Waals surface area (Å²) in [7, 11) is 0. The van der Waals surface area contributed by atoms with Crippen LogP contribution in [-0.2, 0) is 12.8 Å². The second kappa shape index (κ2) is 4.24. The fourth-order valence-electron chi connectivity index (χ4n) is 3.00. The average molecular weight is 286 g/mol. The Kier molecular flexibility index (Phi) is 2.50. The van der Waals surface area contributed by atoms with E-state index in [2.05, 4.69) is 4.98 Å². The molecule has 0 fully saturated rings. The highest BCUT2D eigenvalue weighted by Gasteiger charge is 2.20. The van der Waals surface area contributed by atoms with Crippen LogP contribution in [0.4, 0.5) is 5.00 Å². The van der Waals surface area contributed by atoms with Gasteiger partial charge < -0.3 is 10.2 Å². The number of oxazole rings is 1. The van der Waals surface area contributed by atoms with E-state index in [-0.39, 0.29) is 0 Å². The van der Waals surface area contributed by atoms with Gasteiger partial charge in [-0.3, -0.25) is 4.98 Å². The summed E-state index contributed by atoms with van der Waals surface area (Å²) in [6.07, 6.45) is 4.69. The molecule has 0 amide bonds. The minimum Gasteiger partial charge on any atom is -0.408 e. The van der Waals surface area contributed by atoms with E-state index in [1.807, 2.05) is 18.2 Å². The maximum absolute atomic E-state index is 11.2. The molecule has 0 unspecified atom stereocenters. The number of hydrogen-bond donors (Lipinski definition) is 2. The van der Waals surface area contributed by atoms with Crippen LogP contribution in [0.1, 0.15) is 23.3 Å². The molecule has 0 spiro atoms. The van der Waals surface area contributed by atoms with Crippen molar-refractivity contribution in [3.8, 4) is 11.1 Å². The lowest BCUT2D eigenvalue weighted by Gasteiger charge is -2.12. The van der Waals surface area contributed by atoms with E-state index in [0.29, 0.717) is 5.58 Å². The molecule has 0 saturated heterocycles. The number of nitrogens with two attached hydrogens (primary N) is 1. The van der Waals surface area contributed by atoms with Crippen molar-refractivity contribution in [2.75, 3.05) is 5.73 Å². The monoisotopic (exact) mass is 286 g/mol. The Bertz CT molecular complexity index is 857. The van der Waals surface area contributed by atoms with E-state index in [4.69, 9.17) is 10.2 Å². The molecule has 2 aromatic heterocycles. The maximum Gasteiger partial charge on any atom is 0.417 e. The van der Waals surface area contributed by atoms with Crippen LogP contribution in [0.2, 0.25) is 0 Å². The maximum atomic E-state index is 11.2. The molecule has 1 aromatic carbocycles. The second-order valence-electron chi connectivity index (χ2n) is 5.18. The SMILES string of the molecule is Nc1sc2c(c1-c1ccc3[nH]c(=O)oc3c1)CCCC2. The normalized spacial score (nSPS) is 14.6. The summed E-state index contributed by atoms with van der Waals surface area (Å²) < 4.78 is 5.14. The lowest BCUT2D eigenvalue weighted by Crippen LogP contribution is -1.99. The van der Waals surface area contributed by atoms with Gasteiger partial charge in [-0.05, 0) is 48.9 Å². The van der Waals surface area contributed by atoms with Crippen LogP contribution in [0.15, 0.2) is 27.4 Å². The number of benzene rings is 1. The molecular formula is C15H14N2O2S. The Hall–Kier alpha value is -2.01. The van der Waals surface area contributed by atoms with Gasteiger partial charge in [0.2, 0.25) is 0 Å². The Morgan fingerprint density at radius 3 is 3.00 bits per heavy atom. The van der Waals surface area contributed by atoms with Crippen LogP contribution in [0.25, 0.3) is 22.2 Å². The van der Waals surface area contributed by atoms with Crippen molar-refractivity contribution in [3.05, 3.63) is 39.2 Å². The topological polar surface area (TPSA) is 72.0 Å². The fourth-order valence-corrected chi connectivity index (χ4v) is 4.19. The lowest BCUT2D eigenvalue weighted by atomic mass is 9.92. The molecule has 0 bridgehead atoms. The van der Waals surface area contributed by atoms with Gasteiger partial charge in [-0.2, -0.15) is 0 Å². The number of rotatable bonds is 1. The molecule has 20 heavy (non-hydrogen) atoms. The fraction of sp³-hybridized carbons (Fsp3) is 0.267. The van der Waals surface area contributed by atoms with Crippen LogP contribution in [-0.4, -0.2) is 4.98 Å². The van der Waals surface area contributed by atoms with E-state index in [1.165, 1.54) is 23.3 Å². The summed E-state index contributed by atoms with van der Waals surface area (Å²) in [4.78, 5) is 15.3. The first kappa shape index (κ1) is 11.8. The zero-order chi connectivity index (χ0) is 13.7. The number of nitrogens with one attached hydrogen (secondary N) is 1. The Morgan fingerprint density at radius 2 is 2.10 bits per heavy atom. The Morgan fingerprint density at radius 1 is 1.25 bits per heavy atom. The van der Waals surface area contributed by atoms with Crippen molar-refractivity contribution in [2.24, 2.45) is 0 Å². The van der Waals surface area contributed by atoms with E-state index in [0.717, 1.165) is 34.5 Å². The number of thiophene rings is 1. The number of hydrogen-bond acceptors (Lipinski definition) is 4. The third-order valence-electron chi connectivity index (χ3n) is 3.91. The molecule has 3 N–H and O–H groups in total. The van der Waals surface area contributed by atoms with Gasteiger partial charge in [0.15, 0.2) is 5.58 Å². The number of H-pyrrole nitrogens is 1. The first-order chi connectivity index (χ1) is 9.72. The summed E-state index contributed by atoms with van der Waals surface area (Å²) in [5.74, 6) is -0.419. The molecule has 4 rings (SSSR count). The molecule has 2 heterocycles. The highest BCUT2D eigenvalue weighted by Crippen LogP contribution is 2.42. The highest BCUT2D eigenvalue weighted by molar-refractivity contribution is 7.16. The van der Waals surface area contributed by atoms with Gasteiger partial charge in [-0.1, -0.05) is 6.07 Å². The molecule has 1 aliphatic rings. The van der Waals surface area contributed by atoms with Crippen LogP contribution in [0.5, 0.6) is 0 Å². The molecule has 1 aliphatic carbocycles. The molecule has 102 valence electrons. The minimum absolute atomic E-state index is 0.419. The van der Waals surface area contributed by atoms with Gasteiger partial charge in [0.1, 0.15) is 0 Å². The van der Waals surface area contributed by atoms with Gasteiger partial charge in [0.25, 0.3) is 0 Å². The highest BCUT2D eigenvalue weighted by atomic mass is 32.1. The quantitative estimate of drug-likeness (QED) is 0.721. The number of fused-ring (bicyclic) bond motifs is 2. The molecular weight excluding hydrogens is 272 g/mol. The molecule has 3 aromatic rings. The largest absolute Gasteiger partial charge is 0.417 e. The smallest absolute Gasteiger partial charge is 0.408 e. The number of anilines is 1. The van der Waals surface area contributed by atoms with Crippen molar-refractivity contribution in [2.45, 2.75) is 25.7 Å². The first-order valence-electron chi connectivity index (χ1n) is 6.75. The van der Waals surface area contributed by atoms with Crippen LogP contribution < -0.4 is 11.5 Å². The molecule has 0 radical (unpaired) electrons. The average Bonchev–Trinajstić information content (AvgIpc) is 2.95. The van der Waals surface area contributed by atoms with E-state index in [1.54, 1.807) is 11.3 Å². The van der Waals surface area contributed by atoms with Crippen molar-refractivity contribution in [1.29, 1.82) is 0 Å². The van der Waals surface area contributed by atoms with Gasteiger partial charge in [-0.15, -0.1) is 11.3 Å². The summed E-state index contributed by atoms with van der Waals surface area (Å²) >= 11 is 1.70. The Balaban J connectivity index is 1.94. The van der Waals surface area contributed by atoms with E-state index >= 15 is 0 Å². The second-order valence-corrected chi connectivity index (χ2v) is 6.31. The zero-order valence-corrected chi connectivity index (χ0v) is 11.7.